The lowest BCUT2D eigenvalue weighted by molar-refractivity contribution is 0.101. The van der Waals surface area contributed by atoms with Gasteiger partial charge in [0.1, 0.15) is 0 Å². The average molecular weight is 388 g/mol. The van der Waals surface area contributed by atoms with E-state index >= 15 is 0 Å². The molecule has 0 atom stereocenters. The maximum atomic E-state index is 13.4. The van der Waals surface area contributed by atoms with Gasteiger partial charge in [-0.3, -0.25) is 9.59 Å². The largest absolute Gasteiger partial charge is 0.303 e. The lowest BCUT2D eigenvalue weighted by Gasteiger charge is -2.17. The molecule has 3 nitrogen and oxygen atoms in total. The molecule has 0 N–H and O–H groups in total. The number of carbonyl (C=O) groups is 1. The zero-order valence-corrected chi connectivity index (χ0v) is 16.1. The van der Waals surface area contributed by atoms with Crippen LogP contribution in [0.15, 0.2) is 83.7 Å². The van der Waals surface area contributed by atoms with E-state index in [0.29, 0.717) is 17.1 Å². The van der Waals surface area contributed by atoms with Crippen molar-refractivity contribution in [3.63, 3.8) is 0 Å². The summed E-state index contributed by atoms with van der Waals surface area (Å²) >= 11 is 6.29. The van der Waals surface area contributed by atoms with E-state index in [1.807, 2.05) is 72.8 Å². The summed E-state index contributed by atoms with van der Waals surface area (Å²) in [6.07, 6.45) is 0. The summed E-state index contributed by atoms with van der Waals surface area (Å²) in [4.78, 5) is 26.0. The molecule has 0 saturated heterocycles. The van der Waals surface area contributed by atoms with Crippen molar-refractivity contribution in [2.75, 3.05) is 0 Å². The molecule has 4 rings (SSSR count). The monoisotopic (exact) mass is 387 g/mol. The SMILES string of the molecule is CC(=O)c1c(-c2ccccc2)c2cc(Cl)ccc2n(Cc2ccccc2)c1=O. The maximum absolute atomic E-state index is 13.4. The second kappa shape index (κ2) is 7.45. The number of hydrogen-bond acceptors (Lipinski definition) is 2. The summed E-state index contributed by atoms with van der Waals surface area (Å²) in [6, 6.07) is 24.7. The van der Waals surface area contributed by atoms with Crippen LogP contribution in [0.25, 0.3) is 22.0 Å². The fraction of sp³-hybridized carbons (Fsp3) is 0.0833. The predicted octanol–water partition coefficient (Wildman–Crippen LogP) is 5.57. The van der Waals surface area contributed by atoms with E-state index in [4.69, 9.17) is 11.6 Å². The molecule has 0 unspecified atom stereocenters. The molecule has 0 radical (unpaired) electrons. The first-order valence-electron chi connectivity index (χ1n) is 9.02. The predicted molar refractivity (Wildman–Crippen MR) is 114 cm³/mol. The minimum atomic E-state index is -0.287. The molecule has 0 spiro atoms. The number of aromatic nitrogens is 1. The number of benzene rings is 3. The van der Waals surface area contributed by atoms with E-state index in [9.17, 15) is 9.59 Å². The van der Waals surface area contributed by atoms with Crippen molar-refractivity contribution in [2.24, 2.45) is 0 Å². The summed E-state index contributed by atoms with van der Waals surface area (Å²) in [7, 11) is 0. The molecule has 0 fully saturated rings. The summed E-state index contributed by atoms with van der Waals surface area (Å²) in [5, 5.41) is 1.35. The summed E-state index contributed by atoms with van der Waals surface area (Å²) in [5.74, 6) is -0.257. The number of Topliss-reactive ketones (excluding diaryl/α,β-unsaturated/α-hetero) is 1. The highest BCUT2D eigenvalue weighted by atomic mass is 35.5. The molecule has 1 heterocycles. The summed E-state index contributed by atoms with van der Waals surface area (Å²) in [5.41, 5.74) is 3.11. The fourth-order valence-electron chi connectivity index (χ4n) is 3.58. The van der Waals surface area contributed by atoms with Gasteiger partial charge in [-0.1, -0.05) is 72.3 Å². The quantitative estimate of drug-likeness (QED) is 0.429. The molecule has 3 aromatic carbocycles. The number of nitrogens with zero attached hydrogens (tertiary/aromatic N) is 1. The Morgan fingerprint density at radius 2 is 1.57 bits per heavy atom. The Kier molecular flexibility index (Phi) is 4.84. The zero-order chi connectivity index (χ0) is 19.7. The highest BCUT2D eigenvalue weighted by Gasteiger charge is 2.21. The molecule has 4 heteroatoms. The zero-order valence-electron chi connectivity index (χ0n) is 15.4. The number of pyridine rings is 1. The van der Waals surface area contributed by atoms with Crippen molar-refractivity contribution in [2.45, 2.75) is 13.5 Å². The van der Waals surface area contributed by atoms with Gasteiger partial charge in [0, 0.05) is 16.0 Å². The van der Waals surface area contributed by atoms with Crippen molar-refractivity contribution in [1.82, 2.24) is 4.57 Å². The van der Waals surface area contributed by atoms with Crippen molar-refractivity contribution < 1.29 is 4.79 Å². The first-order chi connectivity index (χ1) is 13.6. The standard InChI is InChI=1S/C24H18ClNO2/c1-16(27)22-23(18-10-6-3-7-11-18)20-14-19(25)12-13-21(20)26(24(22)28)15-17-8-4-2-5-9-17/h2-14H,15H2,1H3. The van der Waals surface area contributed by atoms with E-state index in [-0.39, 0.29) is 16.9 Å². The third-order valence-corrected chi connectivity index (χ3v) is 5.06. The van der Waals surface area contributed by atoms with Crippen molar-refractivity contribution in [1.29, 1.82) is 0 Å². The molecule has 0 aliphatic rings. The lowest BCUT2D eigenvalue weighted by atomic mass is 9.94. The van der Waals surface area contributed by atoms with Gasteiger partial charge in [-0.2, -0.15) is 0 Å². The topological polar surface area (TPSA) is 39.1 Å². The molecule has 138 valence electrons. The van der Waals surface area contributed by atoms with Crippen molar-refractivity contribution in [3.8, 4) is 11.1 Å². The van der Waals surface area contributed by atoms with E-state index in [1.54, 1.807) is 10.6 Å². The van der Waals surface area contributed by atoms with Gasteiger partial charge in [-0.25, -0.2) is 0 Å². The molecule has 1 aromatic heterocycles. The maximum Gasteiger partial charge on any atom is 0.262 e. The Hall–Kier alpha value is -3.17. The third kappa shape index (κ3) is 3.25. The highest BCUT2D eigenvalue weighted by Crippen LogP contribution is 2.32. The molecule has 0 aliphatic carbocycles. The minimum Gasteiger partial charge on any atom is -0.303 e. The first kappa shape index (κ1) is 18.2. The van der Waals surface area contributed by atoms with Crippen molar-refractivity contribution >= 4 is 28.3 Å². The Bertz CT molecular complexity index is 1230. The molecular weight excluding hydrogens is 370 g/mol. The van der Waals surface area contributed by atoms with Crippen LogP contribution >= 0.6 is 11.6 Å². The van der Waals surface area contributed by atoms with E-state index in [2.05, 4.69) is 0 Å². The first-order valence-corrected chi connectivity index (χ1v) is 9.40. The van der Waals surface area contributed by atoms with Crippen LogP contribution in [0.1, 0.15) is 22.8 Å². The average Bonchev–Trinajstić information content (AvgIpc) is 2.70. The van der Waals surface area contributed by atoms with Gasteiger partial charge in [-0.15, -0.1) is 0 Å². The Morgan fingerprint density at radius 3 is 2.21 bits per heavy atom. The van der Waals surface area contributed by atoms with Crippen LogP contribution in [-0.4, -0.2) is 10.4 Å². The van der Waals surface area contributed by atoms with Gasteiger partial charge in [0.05, 0.1) is 17.6 Å². The number of halogens is 1. The highest BCUT2D eigenvalue weighted by molar-refractivity contribution is 6.31. The van der Waals surface area contributed by atoms with Gasteiger partial charge >= 0.3 is 0 Å². The number of carbonyl (C=O) groups excluding carboxylic acids is 1. The van der Waals surface area contributed by atoms with Crippen LogP contribution in [-0.2, 0) is 6.54 Å². The van der Waals surface area contributed by atoms with Crippen LogP contribution in [0.5, 0.6) is 0 Å². The molecule has 0 amide bonds. The lowest BCUT2D eigenvalue weighted by Crippen LogP contribution is -2.27. The van der Waals surface area contributed by atoms with Gasteiger partial charge in [-0.05, 0) is 36.2 Å². The summed E-state index contributed by atoms with van der Waals surface area (Å²) < 4.78 is 1.66. The number of fused-ring (bicyclic) bond motifs is 1. The fourth-order valence-corrected chi connectivity index (χ4v) is 3.76. The molecule has 4 aromatic rings. The number of hydrogen-bond donors (Lipinski definition) is 0. The van der Waals surface area contributed by atoms with Crippen molar-refractivity contribution in [3.05, 3.63) is 105 Å². The minimum absolute atomic E-state index is 0.192. The smallest absolute Gasteiger partial charge is 0.262 e. The normalized spacial score (nSPS) is 10.9. The van der Waals surface area contributed by atoms with E-state index < -0.39 is 0 Å². The molecule has 0 saturated carbocycles. The Labute approximate surface area is 167 Å². The van der Waals surface area contributed by atoms with E-state index in [0.717, 1.165) is 22.0 Å². The third-order valence-electron chi connectivity index (χ3n) is 4.83. The van der Waals surface area contributed by atoms with Gasteiger partial charge < -0.3 is 4.57 Å². The molecule has 0 bridgehead atoms. The van der Waals surface area contributed by atoms with Gasteiger partial charge in [0.2, 0.25) is 0 Å². The van der Waals surface area contributed by atoms with Crippen LogP contribution in [0.2, 0.25) is 5.02 Å². The molecular formula is C24H18ClNO2. The Morgan fingerprint density at radius 1 is 0.929 bits per heavy atom. The van der Waals surface area contributed by atoms with Crippen LogP contribution < -0.4 is 5.56 Å². The Balaban J connectivity index is 2.11. The molecule has 28 heavy (non-hydrogen) atoms. The second-order valence-corrected chi connectivity index (χ2v) is 7.15. The van der Waals surface area contributed by atoms with Gasteiger partial charge in [0.25, 0.3) is 5.56 Å². The van der Waals surface area contributed by atoms with Crippen LogP contribution in [0.3, 0.4) is 0 Å². The number of ketones is 1. The molecule has 0 aliphatic heterocycles. The van der Waals surface area contributed by atoms with E-state index in [1.165, 1.54) is 6.92 Å². The van der Waals surface area contributed by atoms with Gasteiger partial charge in [0.15, 0.2) is 5.78 Å². The summed E-state index contributed by atoms with van der Waals surface area (Å²) in [6.45, 7) is 1.82. The second-order valence-electron chi connectivity index (χ2n) is 6.71. The number of rotatable bonds is 4. The van der Waals surface area contributed by atoms with Crippen LogP contribution in [0, 0.1) is 0 Å². The van der Waals surface area contributed by atoms with Crippen LogP contribution in [0.4, 0.5) is 0 Å².